The number of benzene rings is 6. The van der Waals surface area contributed by atoms with E-state index in [4.69, 9.17) is 28.0 Å². The number of methoxy groups -OCH3 is 1. The zero-order valence-corrected chi connectivity index (χ0v) is 38.5. The van der Waals surface area contributed by atoms with Gasteiger partial charge in [-0.05, 0) is 128 Å². The Balaban J connectivity index is 1.46. The van der Waals surface area contributed by atoms with E-state index >= 15 is 0 Å². The Morgan fingerprint density at radius 3 is 1.08 bits per heavy atom. The number of rotatable bonds is 13. The van der Waals surface area contributed by atoms with Crippen LogP contribution in [-0.4, -0.2) is 49.9 Å². The second-order valence-corrected chi connectivity index (χ2v) is 19.9. The lowest BCUT2D eigenvalue weighted by Gasteiger charge is -2.46. The van der Waals surface area contributed by atoms with Gasteiger partial charge in [0.25, 0.3) is 0 Å². The maximum atomic E-state index is 14.2. The van der Waals surface area contributed by atoms with E-state index in [0.29, 0.717) is 11.1 Å². The lowest BCUT2D eigenvalue weighted by atomic mass is 10.0. The molecule has 7 rings (SSSR count). The van der Waals surface area contributed by atoms with Crippen LogP contribution >= 0.6 is 16.3 Å². The van der Waals surface area contributed by atoms with Gasteiger partial charge in [-0.3, -0.25) is 0 Å². The summed E-state index contributed by atoms with van der Waals surface area (Å²) in [4.78, 5) is 28.3. The van der Waals surface area contributed by atoms with Gasteiger partial charge in [0.15, 0.2) is 12.2 Å². The first-order valence-corrected chi connectivity index (χ1v) is 23.2. The fourth-order valence-electron chi connectivity index (χ4n) is 7.99. The molecule has 8 nitrogen and oxygen atoms in total. The average Bonchev–Trinajstić information content (AvgIpc) is 3.22. The third kappa shape index (κ3) is 10.9. The van der Waals surface area contributed by atoms with Gasteiger partial charge in [-0.1, -0.05) is 105 Å². The minimum atomic E-state index is -1.65. The first-order valence-electron chi connectivity index (χ1n) is 20.7. The summed E-state index contributed by atoms with van der Waals surface area (Å²) in [6.07, 6.45) is -6.06. The molecule has 0 radical (unpaired) electrons. The quantitative estimate of drug-likeness (QED) is 0.0838. The normalized spacial score (nSPS) is 18.8. The van der Waals surface area contributed by atoms with Gasteiger partial charge in [-0.2, -0.15) is 0 Å². The van der Waals surface area contributed by atoms with Crippen molar-refractivity contribution in [3.8, 4) is 0 Å². The molecule has 62 heavy (non-hydrogen) atoms. The van der Waals surface area contributed by atoms with Crippen LogP contribution in [0.15, 0.2) is 133 Å². The summed E-state index contributed by atoms with van der Waals surface area (Å²) in [7, 11) is -1.83. The van der Waals surface area contributed by atoms with Crippen LogP contribution in [0.25, 0.3) is 0 Å². The van der Waals surface area contributed by atoms with Crippen molar-refractivity contribution in [1.29, 1.82) is 0 Å². The zero-order chi connectivity index (χ0) is 44.1. The predicted molar refractivity (Wildman–Crippen MR) is 249 cm³/mol. The van der Waals surface area contributed by atoms with Crippen molar-refractivity contribution in [1.82, 2.24) is 0 Å². The Hall–Kier alpha value is -5.04. The number of carbonyl (C=O) groups is 2. The molecule has 5 atom stereocenters. The molecule has 0 unspecified atom stereocenters. The molecule has 0 amide bonds. The summed E-state index contributed by atoms with van der Waals surface area (Å²) < 4.78 is 40.6. The molecule has 1 fully saturated rings. The van der Waals surface area contributed by atoms with Crippen LogP contribution in [0.5, 0.6) is 0 Å². The maximum Gasteiger partial charge on any atom is 0.340 e. The molecule has 10 heteroatoms. The Bertz CT molecular complexity index is 2340. The summed E-state index contributed by atoms with van der Waals surface area (Å²) >= 11 is 0. The van der Waals surface area contributed by atoms with Crippen molar-refractivity contribution in [2.75, 3.05) is 7.11 Å². The molecule has 0 spiro atoms. The van der Waals surface area contributed by atoms with Crippen LogP contribution in [0.1, 0.15) is 65.2 Å². The van der Waals surface area contributed by atoms with Crippen molar-refractivity contribution < 1.29 is 37.6 Å². The van der Waals surface area contributed by atoms with Gasteiger partial charge in [0.1, 0.15) is 6.10 Å². The van der Waals surface area contributed by atoms with E-state index in [0.717, 1.165) is 65.7 Å². The summed E-state index contributed by atoms with van der Waals surface area (Å²) in [5.41, 5.74) is 9.26. The number of hydrogen-bond donors (Lipinski definition) is 0. The van der Waals surface area contributed by atoms with Crippen LogP contribution in [0.2, 0.25) is 0 Å². The smallest absolute Gasteiger partial charge is 0.340 e. The summed E-state index contributed by atoms with van der Waals surface area (Å²) in [6.45, 7) is 16.5. The summed E-state index contributed by atoms with van der Waals surface area (Å²) in [5, 5.41) is 3.82. The van der Waals surface area contributed by atoms with E-state index in [1.807, 2.05) is 12.1 Å². The molecule has 320 valence electrons. The Kier molecular flexibility index (Phi) is 14.5. The van der Waals surface area contributed by atoms with Crippen LogP contribution in [0, 0.1) is 55.4 Å². The predicted octanol–water partition coefficient (Wildman–Crippen LogP) is 9.73. The fourth-order valence-corrected chi connectivity index (χ4v) is 12.6. The monoisotopic (exact) mass is 868 g/mol. The molecular formula is C52H54O8P2. The Labute approximate surface area is 368 Å². The van der Waals surface area contributed by atoms with E-state index in [2.05, 4.69) is 128 Å². The van der Waals surface area contributed by atoms with Crippen molar-refractivity contribution in [2.45, 2.75) is 86.3 Å². The molecule has 0 aliphatic carbocycles. The largest absolute Gasteiger partial charge is 0.450 e. The van der Waals surface area contributed by atoms with E-state index in [1.54, 1.807) is 48.5 Å². The second-order valence-electron chi connectivity index (χ2n) is 16.2. The highest BCUT2D eigenvalue weighted by molar-refractivity contribution is 7.69. The van der Waals surface area contributed by atoms with Crippen molar-refractivity contribution in [3.63, 3.8) is 0 Å². The minimum absolute atomic E-state index is 0.331. The molecule has 0 aromatic heterocycles. The van der Waals surface area contributed by atoms with Gasteiger partial charge in [-0.15, -0.1) is 0 Å². The van der Waals surface area contributed by atoms with E-state index < -0.39 is 59.1 Å². The highest BCUT2D eigenvalue weighted by Crippen LogP contribution is 2.47. The van der Waals surface area contributed by atoms with Crippen LogP contribution in [-0.2, 0) is 28.0 Å². The summed E-state index contributed by atoms with van der Waals surface area (Å²) in [5.74, 6) is -1.22. The number of esters is 2. The van der Waals surface area contributed by atoms with Gasteiger partial charge in [0.2, 0.25) is 12.6 Å². The number of aryl methyl sites for hydroxylation is 8. The Morgan fingerprint density at radius 2 is 0.742 bits per heavy atom. The highest BCUT2D eigenvalue weighted by Gasteiger charge is 2.54. The number of hydrogen-bond acceptors (Lipinski definition) is 8. The average molecular weight is 869 g/mol. The topological polar surface area (TPSA) is 89.5 Å². The van der Waals surface area contributed by atoms with Gasteiger partial charge in [0, 0.05) is 28.3 Å². The Morgan fingerprint density at radius 1 is 0.419 bits per heavy atom. The van der Waals surface area contributed by atoms with Crippen LogP contribution < -0.4 is 21.2 Å². The van der Waals surface area contributed by atoms with Crippen LogP contribution in [0.4, 0.5) is 0 Å². The van der Waals surface area contributed by atoms with Crippen molar-refractivity contribution in [3.05, 3.63) is 189 Å². The van der Waals surface area contributed by atoms with Crippen molar-refractivity contribution >= 4 is 49.5 Å². The third-order valence-electron chi connectivity index (χ3n) is 10.4. The highest BCUT2D eigenvalue weighted by atomic mass is 31.1. The maximum absolute atomic E-state index is 14.2. The molecular weight excluding hydrogens is 815 g/mol. The molecule has 0 saturated carbocycles. The summed E-state index contributed by atoms with van der Waals surface area (Å²) in [6, 6.07) is 43.1. The minimum Gasteiger partial charge on any atom is -0.450 e. The fraction of sp³-hybridized carbons (Fsp3) is 0.269. The van der Waals surface area contributed by atoms with Crippen molar-refractivity contribution in [2.24, 2.45) is 0 Å². The molecule has 6 aromatic rings. The number of carbonyl (C=O) groups excluding carboxylic acids is 2. The number of ether oxygens (including phenoxy) is 4. The van der Waals surface area contributed by atoms with Gasteiger partial charge < -0.3 is 28.0 Å². The first-order chi connectivity index (χ1) is 29.7. The molecule has 0 N–H and O–H groups in total. The van der Waals surface area contributed by atoms with Crippen LogP contribution in [0.3, 0.4) is 0 Å². The molecule has 1 saturated heterocycles. The second kappa shape index (κ2) is 20.0. The molecule has 1 heterocycles. The molecule has 1 aliphatic heterocycles. The molecule has 6 aromatic carbocycles. The van der Waals surface area contributed by atoms with E-state index in [-0.39, 0.29) is 0 Å². The standard InChI is InChI=1S/C52H54O8P2/c1-32-20-33(2)25-42(24-32)61(43-26-34(3)21-35(4)27-43)59-46-47(56-49(53)40-16-12-10-13-17-40)51(55-9)58-52(57-50(54)41-18-14-11-15-19-41)48(46)60-62(44-28-36(5)22-37(6)29-44)45-30-38(7)23-39(8)31-45/h10-31,46-48,51-52H,1-9H3/t46-,47-,48+,51+,52+/m0/s1. The molecule has 0 bridgehead atoms. The van der Waals surface area contributed by atoms with E-state index in [1.165, 1.54) is 7.11 Å². The lowest BCUT2D eigenvalue weighted by molar-refractivity contribution is -0.322. The SMILES string of the molecule is CO[C@@H]1O[C@@H](OC(=O)c2ccccc2)[C@H](OP(c2cc(C)cc(C)c2)c2cc(C)cc(C)c2)[C@@H](OP(c2cc(C)cc(C)c2)c2cc(C)cc(C)c2)[C@@H]1OC(=O)c1ccccc1. The zero-order valence-electron chi connectivity index (χ0n) is 36.7. The van der Waals surface area contributed by atoms with Gasteiger partial charge in [0.05, 0.1) is 27.4 Å². The van der Waals surface area contributed by atoms with Gasteiger partial charge in [-0.25, -0.2) is 9.59 Å². The van der Waals surface area contributed by atoms with E-state index in [9.17, 15) is 9.59 Å². The first kappa shape index (κ1) is 45.0. The molecule has 1 aliphatic rings. The lowest BCUT2D eigenvalue weighted by Crippen LogP contribution is -2.61. The van der Waals surface area contributed by atoms with Gasteiger partial charge >= 0.3 is 11.9 Å². The third-order valence-corrected chi connectivity index (χ3v) is 14.2.